The molecule has 0 aliphatic carbocycles. The second-order valence-electron chi connectivity index (χ2n) is 8.27. The molecular formula is C26H40N3O5Rb. The van der Waals surface area contributed by atoms with Crippen LogP contribution in [-0.4, -0.2) is 50.2 Å². The maximum atomic E-state index is 11.9. The maximum absolute atomic E-state index is 11.9. The summed E-state index contributed by atoms with van der Waals surface area (Å²) in [4.78, 5) is 46.4. The Balaban J connectivity index is 0. The van der Waals surface area contributed by atoms with Crippen LogP contribution in [0.2, 0.25) is 0 Å². The number of carbonyl (C=O) groups is 4. The minimum Gasteiger partial charge on any atom is -0.648 e. The molecule has 0 unspecified atom stereocenters. The third-order valence-corrected chi connectivity index (χ3v) is 5.06. The minimum atomic E-state index is -0.345. The van der Waals surface area contributed by atoms with Crippen molar-refractivity contribution < 1.29 is 83.5 Å². The van der Waals surface area contributed by atoms with Crippen molar-refractivity contribution in [1.82, 2.24) is 10.6 Å². The first-order valence-corrected chi connectivity index (χ1v) is 11.8. The number of Topliss-reactive ketones (excluding diaryl/α,β-unsaturated/α-hetero) is 1. The largest absolute Gasteiger partial charge is 1.00 e. The number of allylic oxidation sites excluding steroid dienone is 2. The third kappa shape index (κ3) is 18.7. The van der Waals surface area contributed by atoms with Crippen LogP contribution in [0.3, 0.4) is 0 Å². The molecular weight excluding hydrogens is 520 g/mol. The van der Waals surface area contributed by atoms with Crippen molar-refractivity contribution in [1.29, 1.82) is 0 Å². The van der Waals surface area contributed by atoms with E-state index in [9.17, 15) is 19.2 Å². The number of ketones is 2. The van der Waals surface area contributed by atoms with Crippen molar-refractivity contribution in [3.63, 3.8) is 0 Å². The SMILES string of the molecule is CN/C(C)=C\C(=O)Cc1ccc(C[N-]C(=O)COCCCC(=O)NCCCCCC(C)=O)cc1.[HH].[Rb+]. The molecule has 2 N–H and O–H groups in total. The summed E-state index contributed by atoms with van der Waals surface area (Å²) in [5.74, 6) is -0.163. The van der Waals surface area contributed by atoms with E-state index in [1.54, 1.807) is 20.0 Å². The van der Waals surface area contributed by atoms with Crippen molar-refractivity contribution in [3.8, 4) is 0 Å². The Hall–Kier alpha value is -1.19. The minimum absolute atomic E-state index is 0. The molecule has 1 aromatic rings. The smallest absolute Gasteiger partial charge is 0.648 e. The quantitative estimate of drug-likeness (QED) is 0.201. The van der Waals surface area contributed by atoms with Gasteiger partial charge in [-0.2, -0.15) is 0 Å². The summed E-state index contributed by atoms with van der Waals surface area (Å²) in [7, 11) is 1.77. The van der Waals surface area contributed by atoms with Gasteiger partial charge in [-0.1, -0.05) is 36.2 Å². The van der Waals surface area contributed by atoms with Gasteiger partial charge in [0.2, 0.25) is 5.91 Å². The predicted octanol–water partition coefficient (Wildman–Crippen LogP) is 0.634. The number of nitrogens with zero attached hydrogens (tertiary/aromatic N) is 1. The van der Waals surface area contributed by atoms with Crippen LogP contribution < -0.4 is 68.8 Å². The topological polar surface area (TPSA) is 116 Å². The fraction of sp³-hybridized carbons (Fsp3) is 0.538. The van der Waals surface area contributed by atoms with E-state index in [0.717, 1.165) is 36.1 Å². The first-order valence-electron chi connectivity index (χ1n) is 11.8. The molecule has 0 radical (unpaired) electrons. The summed E-state index contributed by atoms with van der Waals surface area (Å²) >= 11 is 0. The first-order chi connectivity index (χ1) is 16.3. The standard InChI is InChI=1S/C26H39N3O5.Rb.H2/c1-20(27-3)16-24(31)17-22-10-12-23(13-11-22)18-29-26(33)19-34-15-7-9-25(32)28-14-6-4-5-8-21(2)30;;/h10-13,16H,4-9,14-15,17-19H2,1-3H3,(H3,27,28,29,31,32,33);;1H/q;+1;/p-1. The molecule has 0 aromatic heterocycles. The van der Waals surface area contributed by atoms with Crippen LogP contribution in [-0.2, 0) is 36.9 Å². The van der Waals surface area contributed by atoms with E-state index in [2.05, 4.69) is 16.0 Å². The fourth-order valence-corrected chi connectivity index (χ4v) is 3.04. The number of ether oxygens (including phenoxy) is 1. The van der Waals surface area contributed by atoms with Gasteiger partial charge in [-0.05, 0) is 38.7 Å². The zero-order chi connectivity index (χ0) is 25.2. The number of unbranched alkanes of at least 4 members (excludes halogenated alkanes) is 2. The van der Waals surface area contributed by atoms with Gasteiger partial charge in [-0.3, -0.25) is 9.59 Å². The first kappa shape index (κ1) is 33.8. The molecule has 0 aliphatic heterocycles. The van der Waals surface area contributed by atoms with E-state index >= 15 is 0 Å². The van der Waals surface area contributed by atoms with Crippen molar-refractivity contribution in [2.24, 2.45) is 0 Å². The van der Waals surface area contributed by atoms with Crippen LogP contribution in [0.4, 0.5) is 0 Å². The molecule has 1 rings (SSSR count). The van der Waals surface area contributed by atoms with Gasteiger partial charge in [0.05, 0.1) is 12.5 Å². The molecule has 35 heavy (non-hydrogen) atoms. The molecule has 190 valence electrons. The van der Waals surface area contributed by atoms with Crippen LogP contribution in [0.1, 0.15) is 64.9 Å². The monoisotopic (exact) mass is 559 g/mol. The number of amides is 2. The van der Waals surface area contributed by atoms with Gasteiger partial charge in [0, 0.05) is 52.7 Å². The zero-order valence-electron chi connectivity index (χ0n) is 21.7. The Kier molecular flexibility index (Phi) is 20.2. The number of rotatable bonds is 18. The van der Waals surface area contributed by atoms with Crippen LogP contribution in [0.25, 0.3) is 5.32 Å². The molecule has 1 aromatic carbocycles. The van der Waals surface area contributed by atoms with Gasteiger partial charge in [-0.25, -0.2) is 0 Å². The van der Waals surface area contributed by atoms with E-state index in [1.807, 2.05) is 31.2 Å². The van der Waals surface area contributed by atoms with E-state index in [1.165, 1.54) is 0 Å². The van der Waals surface area contributed by atoms with Crippen LogP contribution in [0.15, 0.2) is 36.0 Å². The van der Waals surface area contributed by atoms with Gasteiger partial charge in [0.15, 0.2) is 5.78 Å². The predicted molar refractivity (Wildman–Crippen MR) is 134 cm³/mol. The van der Waals surface area contributed by atoms with Crippen LogP contribution >= 0.6 is 0 Å². The molecule has 0 atom stereocenters. The Bertz CT molecular complexity index is 831. The second-order valence-corrected chi connectivity index (χ2v) is 8.27. The second kappa shape index (κ2) is 20.9. The number of carbonyl (C=O) groups excluding carboxylic acids is 4. The molecule has 0 spiro atoms. The van der Waals surface area contributed by atoms with Crippen molar-refractivity contribution in [2.45, 2.75) is 65.3 Å². The normalized spacial score (nSPS) is 10.8. The van der Waals surface area contributed by atoms with Gasteiger partial charge >= 0.3 is 58.2 Å². The number of nitrogens with one attached hydrogen (secondary N) is 2. The molecule has 0 heterocycles. The van der Waals surface area contributed by atoms with Crippen molar-refractivity contribution in [3.05, 3.63) is 52.5 Å². The number of hydrogen-bond acceptors (Lipinski definition) is 6. The van der Waals surface area contributed by atoms with E-state index in [-0.39, 0.29) is 96.1 Å². The van der Waals surface area contributed by atoms with Crippen molar-refractivity contribution >= 4 is 23.4 Å². The maximum Gasteiger partial charge on any atom is 1.00 e. The summed E-state index contributed by atoms with van der Waals surface area (Å²) in [6.45, 7) is 4.49. The summed E-state index contributed by atoms with van der Waals surface area (Å²) in [6, 6.07) is 7.45. The molecule has 0 bridgehead atoms. The van der Waals surface area contributed by atoms with Gasteiger partial charge in [0.25, 0.3) is 0 Å². The third-order valence-electron chi connectivity index (χ3n) is 5.06. The number of benzene rings is 1. The van der Waals surface area contributed by atoms with Gasteiger partial charge in [0.1, 0.15) is 5.78 Å². The average Bonchev–Trinajstić information content (AvgIpc) is 2.80. The Labute approximate surface area is 259 Å². The fourth-order valence-electron chi connectivity index (χ4n) is 3.04. The van der Waals surface area contributed by atoms with Gasteiger partial charge in [-0.15, -0.1) is 6.54 Å². The Morgan fingerprint density at radius 2 is 1.66 bits per heavy atom. The molecule has 9 heteroatoms. The molecule has 0 aliphatic rings. The molecule has 0 saturated carbocycles. The van der Waals surface area contributed by atoms with E-state index in [4.69, 9.17) is 4.74 Å². The Morgan fingerprint density at radius 3 is 2.31 bits per heavy atom. The van der Waals surface area contributed by atoms with Gasteiger partial charge < -0.3 is 30.3 Å². The molecule has 0 fully saturated rings. The summed E-state index contributed by atoms with van der Waals surface area (Å²) in [5.41, 5.74) is 2.60. The van der Waals surface area contributed by atoms with Crippen LogP contribution in [0, 0.1) is 0 Å². The Morgan fingerprint density at radius 1 is 0.971 bits per heavy atom. The average molecular weight is 560 g/mol. The molecule has 8 nitrogen and oxygen atoms in total. The van der Waals surface area contributed by atoms with E-state index < -0.39 is 0 Å². The molecule has 0 saturated heterocycles. The zero-order valence-corrected chi connectivity index (χ0v) is 26.6. The van der Waals surface area contributed by atoms with Crippen LogP contribution in [0.5, 0.6) is 0 Å². The van der Waals surface area contributed by atoms with E-state index in [0.29, 0.717) is 38.8 Å². The summed E-state index contributed by atoms with van der Waals surface area (Å²) < 4.78 is 5.31. The summed E-state index contributed by atoms with van der Waals surface area (Å²) in [5, 5.41) is 9.76. The summed E-state index contributed by atoms with van der Waals surface area (Å²) in [6.07, 6.45) is 6.02. The molecule has 2 amide bonds. The number of hydrogen-bond donors (Lipinski definition) is 2. The van der Waals surface area contributed by atoms with Crippen molar-refractivity contribution in [2.75, 3.05) is 26.8 Å².